The van der Waals surface area contributed by atoms with Crippen LogP contribution in [0.1, 0.15) is 26.3 Å². The zero-order chi connectivity index (χ0) is 12.2. The molecule has 1 aromatic rings. The third kappa shape index (κ3) is 2.96. The second-order valence-electron chi connectivity index (χ2n) is 4.71. The lowest BCUT2D eigenvalue weighted by Gasteiger charge is -2.18. The van der Waals surface area contributed by atoms with E-state index in [0.29, 0.717) is 0 Å². The number of aldehydes is 1. The van der Waals surface area contributed by atoms with E-state index in [1.807, 2.05) is 51.1 Å². The second-order valence-corrected chi connectivity index (χ2v) is 4.71. The maximum Gasteiger partial charge on any atom is 0.146 e. The van der Waals surface area contributed by atoms with Crippen molar-refractivity contribution in [2.45, 2.75) is 20.8 Å². The number of carbonyl (C=O) groups excluding carboxylic acids is 1. The Morgan fingerprint density at radius 1 is 1.25 bits per heavy atom. The van der Waals surface area contributed by atoms with Gasteiger partial charge >= 0.3 is 0 Å². The third-order valence-electron chi connectivity index (χ3n) is 2.44. The molecular formula is C14H18O2. The van der Waals surface area contributed by atoms with E-state index in [4.69, 9.17) is 4.74 Å². The molecule has 0 N–H and O–H groups in total. The lowest BCUT2D eigenvalue weighted by Crippen LogP contribution is -2.10. The Balaban J connectivity index is 3.19. The highest BCUT2D eigenvalue weighted by atomic mass is 16.5. The van der Waals surface area contributed by atoms with E-state index < -0.39 is 0 Å². The van der Waals surface area contributed by atoms with Gasteiger partial charge in [0, 0.05) is 5.56 Å². The van der Waals surface area contributed by atoms with Crippen LogP contribution in [0, 0.1) is 5.41 Å². The highest BCUT2D eigenvalue weighted by molar-refractivity contribution is 5.84. The standard InChI is InChI=1S/C14H18O2/c1-14(2,3)12(10-15)9-11-7-5-6-8-13(11)16-4/h5-10H,1-4H3/b12-9+. The molecule has 0 radical (unpaired) electrons. The minimum absolute atomic E-state index is 0.150. The van der Waals surface area contributed by atoms with Crippen LogP contribution >= 0.6 is 0 Å². The van der Waals surface area contributed by atoms with Gasteiger partial charge in [0.15, 0.2) is 0 Å². The zero-order valence-corrected chi connectivity index (χ0v) is 10.3. The molecule has 0 unspecified atom stereocenters. The first kappa shape index (κ1) is 12.5. The first-order valence-corrected chi connectivity index (χ1v) is 5.29. The molecule has 16 heavy (non-hydrogen) atoms. The predicted octanol–water partition coefficient (Wildman–Crippen LogP) is 3.32. The van der Waals surface area contributed by atoms with Crippen molar-refractivity contribution < 1.29 is 9.53 Å². The van der Waals surface area contributed by atoms with Crippen molar-refractivity contribution in [3.05, 3.63) is 35.4 Å². The Kier molecular flexibility index (Phi) is 3.88. The number of ether oxygens (including phenoxy) is 1. The highest BCUT2D eigenvalue weighted by Crippen LogP contribution is 2.28. The summed E-state index contributed by atoms with van der Waals surface area (Å²) in [6.45, 7) is 6.05. The maximum absolute atomic E-state index is 11.0. The second kappa shape index (κ2) is 4.97. The predicted molar refractivity (Wildman–Crippen MR) is 66.5 cm³/mol. The molecule has 1 rings (SSSR count). The fourth-order valence-electron chi connectivity index (χ4n) is 1.38. The molecule has 0 saturated heterocycles. The topological polar surface area (TPSA) is 26.3 Å². The molecule has 0 bridgehead atoms. The molecule has 0 aliphatic carbocycles. The lowest BCUT2D eigenvalue weighted by atomic mass is 9.86. The molecule has 0 aliphatic heterocycles. The molecule has 0 atom stereocenters. The van der Waals surface area contributed by atoms with E-state index >= 15 is 0 Å². The summed E-state index contributed by atoms with van der Waals surface area (Å²) in [6, 6.07) is 7.66. The Morgan fingerprint density at radius 2 is 1.88 bits per heavy atom. The highest BCUT2D eigenvalue weighted by Gasteiger charge is 2.16. The molecule has 0 aliphatic rings. The van der Waals surface area contributed by atoms with Gasteiger partial charge in [0.25, 0.3) is 0 Å². The number of methoxy groups -OCH3 is 1. The minimum atomic E-state index is -0.150. The maximum atomic E-state index is 11.0. The molecule has 86 valence electrons. The van der Waals surface area contributed by atoms with Crippen molar-refractivity contribution >= 4 is 12.4 Å². The van der Waals surface area contributed by atoms with E-state index in [-0.39, 0.29) is 5.41 Å². The van der Waals surface area contributed by atoms with Gasteiger partial charge in [-0.15, -0.1) is 0 Å². The Hall–Kier alpha value is -1.57. The summed E-state index contributed by atoms with van der Waals surface area (Å²) in [7, 11) is 1.63. The monoisotopic (exact) mass is 218 g/mol. The van der Waals surface area contributed by atoms with E-state index in [1.54, 1.807) is 7.11 Å². The molecular weight excluding hydrogens is 200 g/mol. The van der Waals surface area contributed by atoms with Crippen LogP contribution in [0.3, 0.4) is 0 Å². The number of para-hydroxylation sites is 1. The molecule has 1 aromatic carbocycles. The van der Waals surface area contributed by atoms with Crippen molar-refractivity contribution in [1.29, 1.82) is 0 Å². The van der Waals surface area contributed by atoms with Crippen molar-refractivity contribution in [2.75, 3.05) is 7.11 Å². The van der Waals surface area contributed by atoms with Gasteiger partial charge in [-0.1, -0.05) is 39.0 Å². The number of rotatable bonds is 3. The lowest BCUT2D eigenvalue weighted by molar-refractivity contribution is -0.105. The van der Waals surface area contributed by atoms with Gasteiger partial charge in [-0.05, 0) is 23.1 Å². The van der Waals surface area contributed by atoms with Crippen LogP contribution in [-0.4, -0.2) is 13.4 Å². The molecule has 0 heterocycles. The van der Waals surface area contributed by atoms with Crippen molar-refractivity contribution in [3.8, 4) is 5.75 Å². The Morgan fingerprint density at radius 3 is 2.38 bits per heavy atom. The summed E-state index contributed by atoms with van der Waals surface area (Å²) in [4.78, 5) is 11.0. The number of hydrogen-bond donors (Lipinski definition) is 0. The summed E-state index contributed by atoms with van der Waals surface area (Å²) in [5.41, 5.74) is 1.54. The van der Waals surface area contributed by atoms with Gasteiger partial charge in [-0.2, -0.15) is 0 Å². The number of benzene rings is 1. The minimum Gasteiger partial charge on any atom is -0.496 e. The SMILES string of the molecule is COc1ccccc1/C=C(\C=O)C(C)(C)C. The summed E-state index contributed by atoms with van der Waals surface area (Å²) < 4.78 is 5.24. The first-order valence-electron chi connectivity index (χ1n) is 5.29. The first-order chi connectivity index (χ1) is 7.49. The summed E-state index contributed by atoms with van der Waals surface area (Å²) >= 11 is 0. The molecule has 0 saturated carbocycles. The van der Waals surface area contributed by atoms with E-state index in [1.165, 1.54) is 0 Å². The average molecular weight is 218 g/mol. The van der Waals surface area contributed by atoms with E-state index in [2.05, 4.69) is 0 Å². The zero-order valence-electron chi connectivity index (χ0n) is 10.3. The third-order valence-corrected chi connectivity index (χ3v) is 2.44. The Bertz CT molecular complexity index is 397. The summed E-state index contributed by atoms with van der Waals surface area (Å²) in [5, 5.41) is 0. The number of hydrogen-bond acceptors (Lipinski definition) is 2. The van der Waals surface area contributed by atoms with Gasteiger partial charge in [-0.25, -0.2) is 0 Å². The van der Waals surface area contributed by atoms with Crippen molar-refractivity contribution in [3.63, 3.8) is 0 Å². The molecule has 0 spiro atoms. The fourth-order valence-corrected chi connectivity index (χ4v) is 1.38. The van der Waals surface area contributed by atoms with Crippen LogP contribution < -0.4 is 4.74 Å². The van der Waals surface area contributed by atoms with Crippen LogP contribution in [0.25, 0.3) is 6.08 Å². The molecule has 0 amide bonds. The largest absolute Gasteiger partial charge is 0.496 e. The summed E-state index contributed by atoms with van der Waals surface area (Å²) in [6.07, 6.45) is 2.79. The van der Waals surface area contributed by atoms with Crippen LogP contribution in [-0.2, 0) is 4.79 Å². The van der Waals surface area contributed by atoms with Crippen LogP contribution in [0.2, 0.25) is 0 Å². The van der Waals surface area contributed by atoms with Gasteiger partial charge < -0.3 is 4.74 Å². The molecule has 2 nitrogen and oxygen atoms in total. The van der Waals surface area contributed by atoms with Crippen LogP contribution in [0.4, 0.5) is 0 Å². The van der Waals surface area contributed by atoms with Gasteiger partial charge in [0.2, 0.25) is 0 Å². The molecule has 2 heteroatoms. The van der Waals surface area contributed by atoms with Gasteiger partial charge in [-0.3, -0.25) is 4.79 Å². The van der Waals surface area contributed by atoms with Gasteiger partial charge in [0.1, 0.15) is 12.0 Å². The van der Waals surface area contributed by atoms with Gasteiger partial charge in [0.05, 0.1) is 7.11 Å². The summed E-state index contributed by atoms with van der Waals surface area (Å²) in [5.74, 6) is 0.783. The van der Waals surface area contributed by atoms with E-state index in [0.717, 1.165) is 23.2 Å². The van der Waals surface area contributed by atoms with Crippen LogP contribution in [0.5, 0.6) is 5.75 Å². The number of carbonyl (C=O) groups is 1. The van der Waals surface area contributed by atoms with Crippen molar-refractivity contribution in [1.82, 2.24) is 0 Å². The Labute approximate surface area is 96.9 Å². The fraction of sp³-hybridized carbons (Fsp3) is 0.357. The molecule has 0 aromatic heterocycles. The number of allylic oxidation sites excluding steroid dienone is 1. The van der Waals surface area contributed by atoms with E-state index in [9.17, 15) is 4.79 Å². The van der Waals surface area contributed by atoms with Crippen molar-refractivity contribution in [2.24, 2.45) is 5.41 Å². The normalized spacial score (nSPS) is 12.4. The van der Waals surface area contributed by atoms with Crippen LogP contribution in [0.15, 0.2) is 29.8 Å². The molecule has 0 fully saturated rings. The smallest absolute Gasteiger partial charge is 0.146 e. The average Bonchev–Trinajstić information content (AvgIpc) is 2.24. The quantitative estimate of drug-likeness (QED) is 0.574.